The van der Waals surface area contributed by atoms with Crippen LogP contribution in [0, 0.1) is 6.92 Å². The van der Waals surface area contributed by atoms with Crippen molar-refractivity contribution >= 4 is 22.3 Å². The van der Waals surface area contributed by atoms with Crippen LogP contribution in [0.2, 0.25) is 0 Å². The lowest BCUT2D eigenvalue weighted by Crippen LogP contribution is -2.10. The molecule has 0 unspecified atom stereocenters. The molecule has 1 N–H and O–H groups in total. The van der Waals surface area contributed by atoms with E-state index in [9.17, 15) is 0 Å². The number of nitrogens with one attached hydrogen (secondary N) is 1. The fourth-order valence-corrected chi connectivity index (χ4v) is 2.91. The van der Waals surface area contributed by atoms with E-state index in [0.29, 0.717) is 6.61 Å². The average Bonchev–Trinajstić information content (AvgIpc) is 2.55. The predicted molar refractivity (Wildman–Crippen MR) is 106 cm³/mol. The van der Waals surface area contributed by atoms with Gasteiger partial charge in [0.15, 0.2) is 0 Å². The number of anilines is 2. The van der Waals surface area contributed by atoms with Gasteiger partial charge in [-0.15, -0.1) is 0 Å². The number of hydrogen-bond acceptors (Lipinski definition) is 3. The van der Waals surface area contributed by atoms with Crippen molar-refractivity contribution in [2.45, 2.75) is 40.0 Å². The first-order valence-electron chi connectivity index (χ1n) is 8.78. The number of benzene rings is 2. The second-order valence-corrected chi connectivity index (χ2v) is 7.38. The summed E-state index contributed by atoms with van der Waals surface area (Å²) in [6.07, 6.45) is 0. The summed E-state index contributed by atoms with van der Waals surface area (Å²) in [7, 11) is 0. The molecule has 0 amide bonds. The van der Waals surface area contributed by atoms with Gasteiger partial charge in [0.25, 0.3) is 0 Å². The van der Waals surface area contributed by atoms with Gasteiger partial charge in [0, 0.05) is 22.5 Å². The van der Waals surface area contributed by atoms with Gasteiger partial charge in [0.1, 0.15) is 5.75 Å². The molecule has 0 saturated heterocycles. The molecule has 0 radical (unpaired) electrons. The van der Waals surface area contributed by atoms with Crippen molar-refractivity contribution in [2.75, 3.05) is 11.9 Å². The molecule has 0 aliphatic heterocycles. The minimum Gasteiger partial charge on any atom is -0.494 e. The molecule has 2 aromatic carbocycles. The third-order valence-corrected chi connectivity index (χ3v) is 4.25. The molecular weight excluding hydrogens is 308 g/mol. The van der Waals surface area contributed by atoms with Gasteiger partial charge in [0.05, 0.1) is 12.1 Å². The Labute approximate surface area is 150 Å². The number of aromatic nitrogens is 1. The summed E-state index contributed by atoms with van der Waals surface area (Å²) in [5.41, 5.74) is 5.56. The SMILES string of the molecule is CCOc1ccc2nc(C)cc(Nc3ccc(C(C)(C)C)cc3)c2c1. The highest BCUT2D eigenvalue weighted by Gasteiger charge is 2.13. The molecule has 130 valence electrons. The lowest BCUT2D eigenvalue weighted by Gasteiger charge is -2.19. The Morgan fingerprint density at radius 1 is 1.00 bits per heavy atom. The fraction of sp³-hybridized carbons (Fsp3) is 0.318. The monoisotopic (exact) mass is 334 g/mol. The second kappa shape index (κ2) is 6.75. The van der Waals surface area contributed by atoms with E-state index in [1.165, 1.54) is 5.56 Å². The Morgan fingerprint density at radius 2 is 1.72 bits per heavy atom. The smallest absolute Gasteiger partial charge is 0.120 e. The highest BCUT2D eigenvalue weighted by molar-refractivity contribution is 5.94. The van der Waals surface area contributed by atoms with E-state index in [-0.39, 0.29) is 5.41 Å². The molecule has 3 aromatic rings. The van der Waals surface area contributed by atoms with Crippen LogP contribution < -0.4 is 10.1 Å². The van der Waals surface area contributed by atoms with Crippen LogP contribution in [0.5, 0.6) is 5.75 Å². The molecule has 0 aliphatic carbocycles. The molecule has 1 heterocycles. The van der Waals surface area contributed by atoms with Crippen molar-refractivity contribution in [2.24, 2.45) is 0 Å². The fourth-order valence-electron chi connectivity index (χ4n) is 2.91. The Bertz CT molecular complexity index is 877. The highest BCUT2D eigenvalue weighted by Crippen LogP contribution is 2.30. The largest absolute Gasteiger partial charge is 0.494 e. The Balaban J connectivity index is 1.98. The summed E-state index contributed by atoms with van der Waals surface area (Å²) in [6.45, 7) is 11.3. The van der Waals surface area contributed by atoms with Gasteiger partial charge in [-0.05, 0) is 61.2 Å². The lowest BCUT2D eigenvalue weighted by molar-refractivity contribution is 0.340. The molecule has 0 bridgehead atoms. The van der Waals surface area contributed by atoms with Crippen LogP contribution in [0.1, 0.15) is 39.0 Å². The topological polar surface area (TPSA) is 34.1 Å². The zero-order valence-electron chi connectivity index (χ0n) is 15.7. The van der Waals surface area contributed by atoms with Crippen LogP contribution in [-0.2, 0) is 5.41 Å². The molecule has 3 rings (SSSR count). The highest BCUT2D eigenvalue weighted by atomic mass is 16.5. The zero-order valence-corrected chi connectivity index (χ0v) is 15.7. The van der Waals surface area contributed by atoms with Crippen LogP contribution in [0.3, 0.4) is 0 Å². The van der Waals surface area contributed by atoms with E-state index in [1.54, 1.807) is 0 Å². The van der Waals surface area contributed by atoms with Crippen molar-refractivity contribution in [3.05, 3.63) is 59.8 Å². The normalized spacial score (nSPS) is 11.6. The first kappa shape index (κ1) is 17.3. The first-order valence-corrected chi connectivity index (χ1v) is 8.78. The van der Waals surface area contributed by atoms with Gasteiger partial charge >= 0.3 is 0 Å². The summed E-state index contributed by atoms with van der Waals surface area (Å²) in [5.74, 6) is 0.867. The number of pyridine rings is 1. The van der Waals surface area contributed by atoms with Gasteiger partial charge in [-0.1, -0.05) is 32.9 Å². The second-order valence-electron chi connectivity index (χ2n) is 7.38. The van der Waals surface area contributed by atoms with Crippen molar-refractivity contribution < 1.29 is 4.74 Å². The molecule has 0 atom stereocenters. The van der Waals surface area contributed by atoms with E-state index in [2.05, 4.69) is 67.5 Å². The Hall–Kier alpha value is -2.55. The Kier molecular flexibility index (Phi) is 4.67. The maximum Gasteiger partial charge on any atom is 0.120 e. The number of ether oxygens (including phenoxy) is 1. The van der Waals surface area contributed by atoms with Gasteiger partial charge < -0.3 is 10.1 Å². The van der Waals surface area contributed by atoms with Gasteiger partial charge in [0.2, 0.25) is 0 Å². The lowest BCUT2D eigenvalue weighted by atomic mass is 9.87. The van der Waals surface area contributed by atoms with Crippen molar-refractivity contribution in [3.8, 4) is 5.75 Å². The molecule has 0 aliphatic rings. The van der Waals surface area contributed by atoms with Crippen LogP contribution in [-0.4, -0.2) is 11.6 Å². The molecule has 3 nitrogen and oxygen atoms in total. The number of fused-ring (bicyclic) bond motifs is 1. The van der Waals surface area contributed by atoms with Crippen molar-refractivity contribution in [1.29, 1.82) is 0 Å². The van der Waals surface area contributed by atoms with Gasteiger partial charge in [-0.2, -0.15) is 0 Å². The van der Waals surface area contributed by atoms with Gasteiger partial charge in [-0.25, -0.2) is 0 Å². The quantitative estimate of drug-likeness (QED) is 0.637. The summed E-state index contributed by atoms with van der Waals surface area (Å²) in [6, 6.07) is 16.8. The number of aryl methyl sites for hydroxylation is 1. The maximum absolute atomic E-state index is 5.65. The first-order chi connectivity index (χ1) is 11.9. The van der Waals surface area contributed by atoms with E-state index in [4.69, 9.17) is 4.74 Å². The van der Waals surface area contributed by atoms with Crippen LogP contribution in [0.4, 0.5) is 11.4 Å². The third kappa shape index (κ3) is 3.93. The van der Waals surface area contributed by atoms with E-state index in [0.717, 1.165) is 33.7 Å². The minimum absolute atomic E-state index is 0.158. The number of hydrogen-bond donors (Lipinski definition) is 1. The van der Waals surface area contributed by atoms with Crippen molar-refractivity contribution in [3.63, 3.8) is 0 Å². The average molecular weight is 334 g/mol. The third-order valence-electron chi connectivity index (χ3n) is 4.25. The number of nitrogens with zero attached hydrogens (tertiary/aromatic N) is 1. The van der Waals surface area contributed by atoms with Crippen LogP contribution in [0.15, 0.2) is 48.5 Å². The Morgan fingerprint density at radius 3 is 2.36 bits per heavy atom. The molecule has 0 fully saturated rings. The van der Waals surface area contributed by atoms with E-state index in [1.807, 2.05) is 26.0 Å². The molecule has 25 heavy (non-hydrogen) atoms. The summed E-state index contributed by atoms with van der Waals surface area (Å²) in [4.78, 5) is 4.63. The standard InChI is InChI=1S/C22H26N2O/c1-6-25-18-11-12-20-19(14-18)21(13-15(2)23-20)24-17-9-7-16(8-10-17)22(3,4)5/h7-14H,6H2,1-5H3,(H,23,24). The predicted octanol–water partition coefficient (Wildman–Crippen LogP) is 5.98. The van der Waals surface area contributed by atoms with E-state index < -0.39 is 0 Å². The summed E-state index contributed by atoms with van der Waals surface area (Å²) >= 11 is 0. The van der Waals surface area contributed by atoms with Crippen LogP contribution >= 0.6 is 0 Å². The van der Waals surface area contributed by atoms with Crippen LogP contribution in [0.25, 0.3) is 10.9 Å². The van der Waals surface area contributed by atoms with E-state index >= 15 is 0 Å². The molecule has 0 spiro atoms. The maximum atomic E-state index is 5.65. The minimum atomic E-state index is 0.158. The summed E-state index contributed by atoms with van der Waals surface area (Å²) in [5, 5.41) is 4.61. The molecular formula is C22H26N2O. The van der Waals surface area contributed by atoms with Gasteiger partial charge in [-0.3, -0.25) is 4.98 Å². The molecule has 1 aromatic heterocycles. The molecule has 3 heteroatoms. The zero-order chi connectivity index (χ0) is 18.0. The summed E-state index contributed by atoms with van der Waals surface area (Å²) < 4.78 is 5.65. The number of rotatable bonds is 4. The van der Waals surface area contributed by atoms with Crippen molar-refractivity contribution in [1.82, 2.24) is 4.98 Å². The molecule has 0 saturated carbocycles.